The number of anilines is 1. The minimum Gasteiger partial charge on any atom is -0.314 e. The van der Waals surface area contributed by atoms with E-state index in [4.69, 9.17) is 0 Å². The van der Waals surface area contributed by atoms with Gasteiger partial charge in [0.2, 0.25) is 5.91 Å². The van der Waals surface area contributed by atoms with Gasteiger partial charge in [-0.3, -0.25) is 4.79 Å². The van der Waals surface area contributed by atoms with E-state index in [0.29, 0.717) is 11.3 Å². The van der Waals surface area contributed by atoms with Gasteiger partial charge in [0.25, 0.3) is 0 Å². The predicted octanol–water partition coefficient (Wildman–Crippen LogP) is 3.49. The van der Waals surface area contributed by atoms with Crippen molar-refractivity contribution < 1.29 is 18.0 Å². The van der Waals surface area contributed by atoms with Crippen molar-refractivity contribution in [2.75, 3.05) is 11.9 Å². The van der Waals surface area contributed by atoms with Crippen LogP contribution in [0.4, 0.5) is 18.9 Å². The smallest absolute Gasteiger partial charge is 0.314 e. The number of hydrogen-bond donors (Lipinski definition) is 0. The highest BCUT2D eigenvalue weighted by atomic mass is 19.4. The Bertz CT molecular complexity index is 550. The summed E-state index contributed by atoms with van der Waals surface area (Å²) in [7, 11) is 1.53. The molecule has 1 aliphatic heterocycles. The Labute approximate surface area is 110 Å². The highest BCUT2D eigenvalue weighted by Gasteiger charge is 2.52. The van der Waals surface area contributed by atoms with Crippen LogP contribution in [0.15, 0.2) is 12.1 Å². The van der Waals surface area contributed by atoms with Gasteiger partial charge in [-0.15, -0.1) is 0 Å². The quantitative estimate of drug-likeness (QED) is 0.765. The van der Waals surface area contributed by atoms with Crippen molar-refractivity contribution in [2.45, 2.75) is 38.8 Å². The van der Waals surface area contributed by atoms with E-state index in [1.54, 1.807) is 13.0 Å². The Hall–Kier alpha value is -1.52. The summed E-state index contributed by atoms with van der Waals surface area (Å²) in [6.45, 7) is 5.01. The van der Waals surface area contributed by atoms with Crippen LogP contribution in [0.25, 0.3) is 0 Å². The van der Waals surface area contributed by atoms with E-state index >= 15 is 0 Å². The largest absolute Gasteiger partial charge is 0.390 e. The predicted molar refractivity (Wildman–Crippen MR) is 67.4 cm³/mol. The summed E-state index contributed by atoms with van der Waals surface area (Å²) < 4.78 is 38.4. The van der Waals surface area contributed by atoms with Gasteiger partial charge < -0.3 is 4.90 Å². The van der Waals surface area contributed by atoms with Crippen molar-refractivity contribution in [3.8, 4) is 0 Å². The number of hydrogen-bond acceptors (Lipinski definition) is 1. The summed E-state index contributed by atoms with van der Waals surface area (Å²) in [6.07, 6.45) is -5.50. The van der Waals surface area contributed by atoms with Gasteiger partial charge in [-0.2, -0.15) is 13.2 Å². The zero-order chi connectivity index (χ0) is 14.6. The highest BCUT2D eigenvalue weighted by Crippen LogP contribution is 2.48. The van der Waals surface area contributed by atoms with Crippen LogP contribution in [0.2, 0.25) is 0 Å². The highest BCUT2D eigenvalue weighted by molar-refractivity contribution is 6.08. The van der Waals surface area contributed by atoms with Crippen LogP contribution in [0.3, 0.4) is 0 Å². The monoisotopic (exact) mass is 271 g/mol. The lowest BCUT2D eigenvalue weighted by atomic mass is 9.78. The number of aryl methyl sites for hydroxylation is 2. The van der Waals surface area contributed by atoms with Gasteiger partial charge in [-0.1, -0.05) is 6.07 Å². The van der Waals surface area contributed by atoms with E-state index in [1.807, 2.05) is 13.0 Å². The van der Waals surface area contributed by atoms with Gasteiger partial charge in [-0.05, 0) is 43.5 Å². The summed E-state index contributed by atoms with van der Waals surface area (Å²) in [5.74, 6) is -0.492. The summed E-state index contributed by atoms with van der Waals surface area (Å²) in [4.78, 5) is 13.6. The Balaban J connectivity index is 2.65. The number of rotatable bonds is 1. The van der Waals surface area contributed by atoms with Gasteiger partial charge in [0, 0.05) is 12.7 Å². The number of carbonyl (C=O) groups excluding carboxylic acids is 1. The van der Waals surface area contributed by atoms with Crippen molar-refractivity contribution in [2.24, 2.45) is 0 Å². The Kier molecular flexibility index (Phi) is 2.92. The zero-order valence-electron chi connectivity index (χ0n) is 11.4. The molecule has 0 fully saturated rings. The number of halogens is 3. The molecule has 2 rings (SSSR count). The molecule has 19 heavy (non-hydrogen) atoms. The number of amides is 1. The third-order valence-corrected chi connectivity index (χ3v) is 3.70. The van der Waals surface area contributed by atoms with Crippen LogP contribution >= 0.6 is 0 Å². The second-order valence-electron chi connectivity index (χ2n) is 5.46. The Morgan fingerprint density at radius 1 is 1.26 bits per heavy atom. The number of benzene rings is 1. The first-order valence-electron chi connectivity index (χ1n) is 6.03. The van der Waals surface area contributed by atoms with Crippen LogP contribution < -0.4 is 4.90 Å². The molecule has 2 nitrogen and oxygen atoms in total. The van der Waals surface area contributed by atoms with Gasteiger partial charge in [0.05, 0.1) is 11.8 Å². The third kappa shape index (κ3) is 2.11. The molecular weight excluding hydrogens is 255 g/mol. The van der Waals surface area contributed by atoms with E-state index in [1.165, 1.54) is 18.9 Å². The van der Waals surface area contributed by atoms with Crippen LogP contribution in [0, 0.1) is 13.8 Å². The summed E-state index contributed by atoms with van der Waals surface area (Å²) >= 11 is 0. The second-order valence-corrected chi connectivity index (χ2v) is 5.46. The lowest BCUT2D eigenvalue weighted by Crippen LogP contribution is -2.39. The topological polar surface area (TPSA) is 20.3 Å². The molecule has 0 aromatic heterocycles. The number of likely N-dealkylation sites (N-methyl/N-ethyl adjacent to an activating group) is 1. The minimum absolute atomic E-state index is 0.492. The molecule has 1 aromatic rings. The molecule has 0 unspecified atom stereocenters. The summed E-state index contributed by atoms with van der Waals surface area (Å²) in [5, 5.41) is 0. The van der Waals surface area contributed by atoms with Crippen LogP contribution in [0.1, 0.15) is 30.0 Å². The lowest BCUT2D eigenvalue weighted by Gasteiger charge is -2.25. The second kappa shape index (κ2) is 3.99. The molecule has 1 aliphatic rings. The Morgan fingerprint density at radius 2 is 1.84 bits per heavy atom. The van der Waals surface area contributed by atoms with Crippen molar-refractivity contribution in [3.05, 3.63) is 28.8 Å². The molecule has 0 radical (unpaired) electrons. The molecular formula is C14H16F3NO. The van der Waals surface area contributed by atoms with Gasteiger partial charge >= 0.3 is 6.18 Å². The van der Waals surface area contributed by atoms with Crippen molar-refractivity contribution in [1.29, 1.82) is 0 Å². The molecule has 0 N–H and O–H groups in total. The number of nitrogens with zero attached hydrogens (tertiary/aromatic N) is 1. The number of carbonyl (C=O) groups is 1. The zero-order valence-corrected chi connectivity index (χ0v) is 11.4. The fourth-order valence-corrected chi connectivity index (χ4v) is 3.08. The molecule has 0 aliphatic carbocycles. The normalized spacial score (nSPS) is 22.9. The Morgan fingerprint density at radius 3 is 2.37 bits per heavy atom. The van der Waals surface area contributed by atoms with E-state index in [9.17, 15) is 18.0 Å². The molecule has 0 bridgehead atoms. The van der Waals surface area contributed by atoms with Gasteiger partial charge in [0.1, 0.15) is 0 Å². The molecule has 0 saturated carbocycles. The van der Waals surface area contributed by atoms with E-state index < -0.39 is 23.9 Å². The first-order valence-corrected chi connectivity index (χ1v) is 6.03. The fraction of sp³-hybridized carbons (Fsp3) is 0.500. The van der Waals surface area contributed by atoms with Crippen LogP contribution in [-0.2, 0) is 10.2 Å². The fourth-order valence-electron chi connectivity index (χ4n) is 3.08. The lowest BCUT2D eigenvalue weighted by molar-refractivity contribution is -0.154. The van der Waals surface area contributed by atoms with Crippen molar-refractivity contribution >= 4 is 11.6 Å². The van der Waals surface area contributed by atoms with E-state index in [2.05, 4.69) is 0 Å². The van der Waals surface area contributed by atoms with Gasteiger partial charge in [0.15, 0.2) is 0 Å². The molecule has 1 atom stereocenters. The molecule has 0 spiro atoms. The SMILES string of the molecule is Cc1cc(C)c2c(c1)N(C)C(=O)[C@@]2(C)CC(F)(F)F. The first-order chi connectivity index (χ1) is 8.56. The van der Waals surface area contributed by atoms with Crippen molar-refractivity contribution in [1.82, 2.24) is 0 Å². The minimum atomic E-state index is -4.37. The standard InChI is InChI=1S/C14H16F3NO/c1-8-5-9(2)11-10(6-8)18(4)12(19)13(11,3)7-14(15,16)17/h5-6H,7H2,1-4H3/t13-/m0/s1. The maximum absolute atomic E-state index is 12.8. The van der Waals surface area contributed by atoms with E-state index in [-0.39, 0.29) is 0 Å². The number of fused-ring (bicyclic) bond motifs is 1. The molecule has 1 heterocycles. The summed E-state index contributed by atoms with van der Waals surface area (Å²) in [6, 6.07) is 3.59. The number of alkyl halides is 3. The van der Waals surface area contributed by atoms with Crippen molar-refractivity contribution in [3.63, 3.8) is 0 Å². The van der Waals surface area contributed by atoms with Crippen LogP contribution in [0.5, 0.6) is 0 Å². The van der Waals surface area contributed by atoms with Gasteiger partial charge in [-0.25, -0.2) is 0 Å². The maximum atomic E-state index is 12.8. The molecule has 104 valence electrons. The molecule has 5 heteroatoms. The maximum Gasteiger partial charge on any atom is 0.390 e. The molecule has 1 amide bonds. The third-order valence-electron chi connectivity index (χ3n) is 3.70. The average molecular weight is 271 g/mol. The van der Waals surface area contributed by atoms with Crippen LogP contribution in [-0.4, -0.2) is 19.1 Å². The average Bonchev–Trinajstić information content (AvgIpc) is 2.38. The summed E-state index contributed by atoms with van der Waals surface area (Å²) in [5.41, 5.74) is 1.25. The first kappa shape index (κ1) is 13.9. The molecule has 0 saturated heterocycles. The van der Waals surface area contributed by atoms with E-state index in [0.717, 1.165) is 11.1 Å². The molecule has 1 aromatic carbocycles.